The lowest BCUT2D eigenvalue weighted by Gasteiger charge is -2.32. The number of rotatable bonds is 6. The second kappa shape index (κ2) is 8.72. The van der Waals surface area contributed by atoms with E-state index < -0.39 is 12.0 Å². The number of aryl methyl sites for hydroxylation is 2. The normalized spacial score (nSPS) is 18.7. The highest BCUT2D eigenvalue weighted by molar-refractivity contribution is 5.97. The molecule has 3 rings (SSSR count). The standard InChI is InChI=1S/C19H25N7O3/c1-10-7-8-15(21-11(10)2)23-14-9-16(25-26-17(14)18(20)27)22-12-5-3-4-6-13(12)24-19(28)29/h7-9,12-13,24H,3-6H2,1-2H3,(H2,20,27)(H,28,29)(H2,21,22,23,25)/t12-,13+/m1/s1. The zero-order valence-corrected chi connectivity index (χ0v) is 16.4. The van der Waals surface area contributed by atoms with Gasteiger partial charge in [0.05, 0.1) is 11.7 Å². The lowest BCUT2D eigenvalue weighted by atomic mass is 9.90. The van der Waals surface area contributed by atoms with Crippen LogP contribution in [-0.2, 0) is 0 Å². The number of pyridine rings is 1. The molecule has 2 aromatic rings. The summed E-state index contributed by atoms with van der Waals surface area (Å²) in [7, 11) is 0. The first-order chi connectivity index (χ1) is 13.8. The molecule has 0 radical (unpaired) electrons. The molecule has 2 aromatic heterocycles. The molecule has 0 aliphatic heterocycles. The number of anilines is 3. The molecule has 2 amide bonds. The topological polar surface area (TPSA) is 155 Å². The number of hydrogen-bond acceptors (Lipinski definition) is 7. The number of hydrogen-bond donors (Lipinski definition) is 5. The fourth-order valence-corrected chi connectivity index (χ4v) is 3.40. The van der Waals surface area contributed by atoms with Crippen LogP contribution in [0.4, 0.5) is 22.1 Å². The third kappa shape index (κ3) is 5.09. The van der Waals surface area contributed by atoms with Gasteiger partial charge >= 0.3 is 6.09 Å². The molecule has 6 N–H and O–H groups in total. The van der Waals surface area contributed by atoms with Crippen molar-refractivity contribution < 1.29 is 14.7 Å². The number of nitrogens with zero attached hydrogens (tertiary/aromatic N) is 3. The summed E-state index contributed by atoms with van der Waals surface area (Å²) in [5, 5.41) is 25.9. The summed E-state index contributed by atoms with van der Waals surface area (Å²) in [5.41, 5.74) is 7.73. The maximum atomic E-state index is 11.8. The minimum Gasteiger partial charge on any atom is -0.465 e. The molecule has 1 aliphatic carbocycles. The van der Waals surface area contributed by atoms with Gasteiger partial charge in [0.15, 0.2) is 11.5 Å². The van der Waals surface area contributed by atoms with E-state index in [4.69, 9.17) is 10.8 Å². The van der Waals surface area contributed by atoms with E-state index in [1.807, 2.05) is 19.9 Å². The van der Waals surface area contributed by atoms with Crippen molar-refractivity contribution in [2.45, 2.75) is 51.6 Å². The fraction of sp³-hybridized carbons (Fsp3) is 0.421. The van der Waals surface area contributed by atoms with Gasteiger partial charge in [-0.2, -0.15) is 0 Å². The lowest BCUT2D eigenvalue weighted by molar-refractivity contribution is 0.0995. The molecule has 1 saturated carbocycles. The minimum atomic E-state index is -1.05. The summed E-state index contributed by atoms with van der Waals surface area (Å²) < 4.78 is 0. The highest BCUT2D eigenvalue weighted by Crippen LogP contribution is 2.25. The smallest absolute Gasteiger partial charge is 0.404 e. The van der Waals surface area contributed by atoms with Crippen molar-refractivity contribution >= 4 is 29.3 Å². The minimum absolute atomic E-state index is 0.000525. The fourth-order valence-electron chi connectivity index (χ4n) is 3.40. The first kappa shape index (κ1) is 20.3. The lowest BCUT2D eigenvalue weighted by Crippen LogP contribution is -2.48. The van der Waals surface area contributed by atoms with Crippen molar-refractivity contribution in [3.63, 3.8) is 0 Å². The average Bonchev–Trinajstić information content (AvgIpc) is 2.66. The quantitative estimate of drug-likeness (QED) is 0.495. The first-order valence-electron chi connectivity index (χ1n) is 9.48. The number of primary amides is 1. The van der Waals surface area contributed by atoms with Gasteiger partial charge in [0.25, 0.3) is 5.91 Å². The monoisotopic (exact) mass is 399 g/mol. The Balaban J connectivity index is 1.84. The summed E-state index contributed by atoms with van der Waals surface area (Å²) in [4.78, 5) is 27.3. The van der Waals surface area contributed by atoms with Gasteiger partial charge < -0.3 is 26.8 Å². The van der Waals surface area contributed by atoms with Gasteiger partial charge in [-0.05, 0) is 38.3 Å². The van der Waals surface area contributed by atoms with Gasteiger partial charge in [-0.25, -0.2) is 9.78 Å². The molecule has 10 nitrogen and oxygen atoms in total. The van der Waals surface area contributed by atoms with Gasteiger partial charge in [-0.1, -0.05) is 18.9 Å². The predicted octanol–water partition coefficient (Wildman–Crippen LogP) is 2.32. The Morgan fingerprint density at radius 1 is 1.10 bits per heavy atom. The van der Waals surface area contributed by atoms with Crippen molar-refractivity contribution in [1.29, 1.82) is 0 Å². The summed E-state index contributed by atoms with van der Waals surface area (Å²) >= 11 is 0. The van der Waals surface area contributed by atoms with E-state index in [9.17, 15) is 9.59 Å². The zero-order valence-electron chi connectivity index (χ0n) is 16.4. The number of nitrogens with two attached hydrogens (primary N) is 1. The number of carboxylic acid groups (broad SMARTS) is 1. The molecule has 0 spiro atoms. The van der Waals surface area contributed by atoms with Crippen LogP contribution in [0, 0.1) is 13.8 Å². The van der Waals surface area contributed by atoms with Crippen molar-refractivity contribution in [3.8, 4) is 0 Å². The summed E-state index contributed by atoms with van der Waals surface area (Å²) in [6.45, 7) is 3.86. The third-order valence-corrected chi connectivity index (χ3v) is 5.05. The van der Waals surface area contributed by atoms with E-state index in [-0.39, 0.29) is 17.8 Å². The van der Waals surface area contributed by atoms with Crippen LogP contribution < -0.4 is 21.7 Å². The van der Waals surface area contributed by atoms with Crippen molar-refractivity contribution in [2.75, 3.05) is 10.6 Å². The second-order valence-electron chi connectivity index (χ2n) is 7.17. The SMILES string of the molecule is Cc1ccc(Nc2cc(N[C@@H]3CCCC[C@@H]3NC(=O)O)nnc2C(N)=O)nc1C. The van der Waals surface area contributed by atoms with Crippen LogP contribution in [0.1, 0.15) is 47.4 Å². The van der Waals surface area contributed by atoms with Crippen LogP contribution in [-0.4, -0.2) is 44.4 Å². The van der Waals surface area contributed by atoms with Gasteiger partial charge in [0.2, 0.25) is 0 Å². The molecule has 0 unspecified atom stereocenters. The number of nitrogens with one attached hydrogen (secondary N) is 3. The van der Waals surface area contributed by atoms with Crippen LogP contribution in [0.5, 0.6) is 0 Å². The van der Waals surface area contributed by atoms with Crippen LogP contribution in [0.15, 0.2) is 18.2 Å². The molecule has 10 heteroatoms. The third-order valence-electron chi connectivity index (χ3n) is 5.05. The van der Waals surface area contributed by atoms with Gasteiger partial charge in [0.1, 0.15) is 5.82 Å². The molecular weight excluding hydrogens is 374 g/mol. The molecule has 0 aromatic carbocycles. The van der Waals surface area contributed by atoms with E-state index in [0.29, 0.717) is 17.3 Å². The first-order valence-corrected chi connectivity index (χ1v) is 9.48. The highest BCUT2D eigenvalue weighted by atomic mass is 16.4. The Bertz CT molecular complexity index is 919. The average molecular weight is 399 g/mol. The van der Waals surface area contributed by atoms with Crippen molar-refractivity contribution in [2.24, 2.45) is 5.73 Å². The van der Waals surface area contributed by atoms with Gasteiger partial charge in [0, 0.05) is 17.8 Å². The van der Waals surface area contributed by atoms with Crippen molar-refractivity contribution in [3.05, 3.63) is 35.2 Å². The van der Waals surface area contributed by atoms with E-state index in [0.717, 1.165) is 36.9 Å². The van der Waals surface area contributed by atoms with E-state index in [2.05, 4.69) is 31.1 Å². The zero-order chi connectivity index (χ0) is 21.0. The highest BCUT2D eigenvalue weighted by Gasteiger charge is 2.27. The molecule has 1 aliphatic rings. The molecule has 29 heavy (non-hydrogen) atoms. The number of aromatic nitrogens is 3. The summed E-state index contributed by atoms with van der Waals surface area (Å²) in [6, 6.07) is 5.01. The Labute approximate surface area is 168 Å². The Morgan fingerprint density at radius 3 is 2.48 bits per heavy atom. The molecule has 2 heterocycles. The molecule has 1 fully saturated rings. The Kier molecular flexibility index (Phi) is 6.10. The maximum absolute atomic E-state index is 11.8. The Morgan fingerprint density at radius 2 is 1.83 bits per heavy atom. The van der Waals surface area contributed by atoms with Gasteiger partial charge in [-0.15, -0.1) is 10.2 Å². The number of carbonyl (C=O) groups excluding carboxylic acids is 1. The largest absolute Gasteiger partial charge is 0.465 e. The van der Waals surface area contributed by atoms with E-state index in [1.165, 1.54) is 0 Å². The predicted molar refractivity (Wildman–Crippen MR) is 108 cm³/mol. The van der Waals surface area contributed by atoms with Crippen molar-refractivity contribution in [1.82, 2.24) is 20.5 Å². The van der Waals surface area contributed by atoms with E-state index >= 15 is 0 Å². The molecule has 154 valence electrons. The van der Waals surface area contributed by atoms with Crippen LogP contribution >= 0.6 is 0 Å². The van der Waals surface area contributed by atoms with Gasteiger partial charge in [-0.3, -0.25) is 4.79 Å². The number of carbonyl (C=O) groups is 2. The second-order valence-corrected chi connectivity index (χ2v) is 7.17. The molecule has 0 bridgehead atoms. The van der Waals surface area contributed by atoms with Crippen LogP contribution in [0.3, 0.4) is 0 Å². The molecule has 2 atom stereocenters. The maximum Gasteiger partial charge on any atom is 0.404 e. The summed E-state index contributed by atoms with van der Waals surface area (Å²) in [6.07, 6.45) is 2.43. The van der Waals surface area contributed by atoms with Crippen LogP contribution in [0.25, 0.3) is 0 Å². The van der Waals surface area contributed by atoms with Crippen LogP contribution in [0.2, 0.25) is 0 Å². The summed E-state index contributed by atoms with van der Waals surface area (Å²) in [5.74, 6) is 0.265. The number of amides is 2. The molecular formula is C19H25N7O3. The van der Waals surface area contributed by atoms with E-state index in [1.54, 1.807) is 12.1 Å². The molecule has 0 saturated heterocycles. The Hall–Kier alpha value is -3.43.